The second kappa shape index (κ2) is 3.12. The molecule has 0 radical (unpaired) electrons. The number of rotatable bonds is 0. The fourth-order valence-corrected chi connectivity index (χ4v) is 3.19. The monoisotopic (exact) mass is 287 g/mol. The maximum absolute atomic E-state index is 6.05. The van der Waals surface area contributed by atoms with E-state index in [1.54, 1.807) is 0 Å². The summed E-state index contributed by atoms with van der Waals surface area (Å²) in [6, 6.07) is 12.5. The summed E-state index contributed by atoms with van der Waals surface area (Å²) in [6.07, 6.45) is 0.157. The normalized spacial score (nSPS) is 23.6. The Balaban J connectivity index is 1.99. The quantitative estimate of drug-likeness (QED) is 0.752. The van der Waals surface area contributed by atoms with Crippen molar-refractivity contribution in [2.75, 3.05) is 5.73 Å². The van der Waals surface area contributed by atoms with E-state index in [0.717, 1.165) is 10.2 Å². The Kier molecular flexibility index (Phi) is 1.78. The number of nitrogen functional groups attached to an aromatic ring is 1. The summed E-state index contributed by atoms with van der Waals surface area (Å²) >= 11 is 3.48. The first-order chi connectivity index (χ1) is 8.25. The molecule has 2 bridgehead atoms. The first-order valence-corrected chi connectivity index (χ1v) is 6.38. The van der Waals surface area contributed by atoms with Crippen molar-refractivity contribution in [2.45, 2.75) is 12.2 Å². The molecule has 4 rings (SSSR count). The molecule has 17 heavy (non-hydrogen) atoms. The molecule has 2 N–H and O–H groups in total. The highest BCUT2D eigenvalue weighted by Crippen LogP contribution is 2.55. The van der Waals surface area contributed by atoms with Crippen molar-refractivity contribution in [3.63, 3.8) is 0 Å². The fraction of sp³-hybridized carbons (Fsp3) is 0.143. The van der Waals surface area contributed by atoms with Crippen molar-refractivity contribution >= 4 is 21.6 Å². The predicted octanol–water partition coefficient (Wildman–Crippen LogP) is 3.55. The molecule has 2 aromatic rings. The number of nitrogens with two attached hydrogens (primary N) is 1. The molecule has 2 aliphatic rings. The lowest BCUT2D eigenvalue weighted by Crippen LogP contribution is -2.04. The highest BCUT2D eigenvalue weighted by Gasteiger charge is 2.42. The van der Waals surface area contributed by atoms with E-state index in [9.17, 15) is 0 Å². The molecule has 3 heteroatoms. The van der Waals surface area contributed by atoms with Gasteiger partial charge >= 0.3 is 0 Å². The summed E-state index contributed by atoms with van der Waals surface area (Å²) in [5.41, 5.74) is 11.8. The molecule has 84 valence electrons. The van der Waals surface area contributed by atoms with Gasteiger partial charge in [-0.1, -0.05) is 24.3 Å². The molecule has 0 amide bonds. The number of anilines is 1. The van der Waals surface area contributed by atoms with E-state index in [1.807, 2.05) is 6.07 Å². The van der Waals surface area contributed by atoms with Crippen LogP contribution in [0.3, 0.4) is 0 Å². The van der Waals surface area contributed by atoms with Crippen LogP contribution in [-0.4, -0.2) is 0 Å². The number of hydrogen-bond acceptors (Lipinski definition) is 2. The number of ether oxygens (including phenoxy) is 1. The Morgan fingerprint density at radius 3 is 2.18 bits per heavy atom. The third kappa shape index (κ3) is 1.13. The van der Waals surface area contributed by atoms with E-state index >= 15 is 0 Å². The van der Waals surface area contributed by atoms with Gasteiger partial charge in [0, 0.05) is 10.2 Å². The van der Waals surface area contributed by atoms with Crippen LogP contribution in [0.2, 0.25) is 0 Å². The minimum absolute atomic E-state index is 0.0709. The Morgan fingerprint density at radius 1 is 0.941 bits per heavy atom. The highest BCUT2D eigenvalue weighted by molar-refractivity contribution is 9.10. The molecule has 0 aromatic heterocycles. The van der Waals surface area contributed by atoms with Gasteiger partial charge in [-0.15, -0.1) is 0 Å². The van der Waals surface area contributed by atoms with Crippen molar-refractivity contribution in [2.24, 2.45) is 0 Å². The van der Waals surface area contributed by atoms with Crippen LogP contribution in [-0.2, 0) is 4.74 Å². The lowest BCUT2D eigenvalue weighted by molar-refractivity contribution is 0.0857. The van der Waals surface area contributed by atoms with E-state index < -0.39 is 0 Å². The van der Waals surface area contributed by atoms with Crippen LogP contribution in [0.4, 0.5) is 5.69 Å². The third-order valence-electron chi connectivity index (χ3n) is 3.60. The Labute approximate surface area is 108 Å². The largest absolute Gasteiger partial charge is 0.398 e. The molecule has 0 saturated heterocycles. The molecule has 0 fully saturated rings. The summed E-state index contributed by atoms with van der Waals surface area (Å²) < 4.78 is 7.00. The van der Waals surface area contributed by atoms with Crippen LogP contribution in [0, 0.1) is 0 Å². The SMILES string of the molecule is Nc1cc2c(cc1Br)C1OC2c2ccccc21. The van der Waals surface area contributed by atoms with Gasteiger partial charge in [0.1, 0.15) is 12.2 Å². The van der Waals surface area contributed by atoms with Gasteiger partial charge < -0.3 is 10.5 Å². The zero-order valence-corrected chi connectivity index (χ0v) is 10.6. The molecule has 2 unspecified atom stereocenters. The minimum atomic E-state index is 0.0709. The summed E-state index contributed by atoms with van der Waals surface area (Å²) in [7, 11) is 0. The van der Waals surface area contributed by atoms with Gasteiger partial charge in [-0.2, -0.15) is 0 Å². The first-order valence-electron chi connectivity index (χ1n) is 5.59. The molecular formula is C14H10BrNO. The topological polar surface area (TPSA) is 35.2 Å². The van der Waals surface area contributed by atoms with Gasteiger partial charge in [0.05, 0.1) is 0 Å². The number of halogens is 1. The summed E-state index contributed by atoms with van der Waals surface area (Å²) in [6.45, 7) is 0. The average Bonchev–Trinajstić information content (AvgIpc) is 2.87. The van der Waals surface area contributed by atoms with Crippen LogP contribution >= 0.6 is 15.9 Å². The van der Waals surface area contributed by atoms with Crippen molar-refractivity contribution in [1.82, 2.24) is 0 Å². The molecule has 0 saturated carbocycles. The predicted molar refractivity (Wildman–Crippen MR) is 69.8 cm³/mol. The molecule has 0 aliphatic carbocycles. The van der Waals surface area contributed by atoms with Crippen LogP contribution in [0.1, 0.15) is 34.5 Å². The fourth-order valence-electron chi connectivity index (χ4n) is 2.83. The molecular weight excluding hydrogens is 278 g/mol. The zero-order valence-electron chi connectivity index (χ0n) is 8.98. The van der Waals surface area contributed by atoms with Crippen molar-refractivity contribution in [3.8, 4) is 0 Å². The summed E-state index contributed by atoms with van der Waals surface area (Å²) in [5, 5.41) is 0. The molecule has 2 heterocycles. The smallest absolute Gasteiger partial charge is 0.110 e. The summed E-state index contributed by atoms with van der Waals surface area (Å²) in [5.74, 6) is 0. The van der Waals surface area contributed by atoms with E-state index in [4.69, 9.17) is 10.5 Å². The minimum Gasteiger partial charge on any atom is -0.398 e. The molecule has 2 atom stereocenters. The maximum atomic E-state index is 6.05. The Hall–Kier alpha value is -1.32. The standard InChI is InChI=1S/C14H10BrNO/c15-11-5-9-10(6-12(11)16)14-8-4-2-1-3-7(8)13(9)17-14/h1-6,13-14H,16H2. The third-order valence-corrected chi connectivity index (χ3v) is 4.29. The molecule has 2 aromatic carbocycles. The average molecular weight is 288 g/mol. The second-order valence-corrected chi connectivity index (χ2v) is 5.38. The number of fused-ring (bicyclic) bond motifs is 8. The lowest BCUT2D eigenvalue weighted by atomic mass is 9.86. The van der Waals surface area contributed by atoms with Gasteiger partial charge in [0.15, 0.2) is 0 Å². The van der Waals surface area contributed by atoms with E-state index in [-0.39, 0.29) is 12.2 Å². The number of hydrogen-bond donors (Lipinski definition) is 1. The second-order valence-electron chi connectivity index (χ2n) is 4.53. The maximum Gasteiger partial charge on any atom is 0.110 e. The molecule has 2 nitrogen and oxygen atoms in total. The van der Waals surface area contributed by atoms with Crippen molar-refractivity contribution in [1.29, 1.82) is 0 Å². The van der Waals surface area contributed by atoms with E-state index in [2.05, 4.69) is 46.3 Å². The van der Waals surface area contributed by atoms with Crippen LogP contribution in [0.25, 0.3) is 0 Å². The van der Waals surface area contributed by atoms with Crippen LogP contribution < -0.4 is 5.73 Å². The Bertz CT molecular complexity index is 584. The first kappa shape index (κ1) is 9.68. The Morgan fingerprint density at radius 2 is 1.53 bits per heavy atom. The molecule has 2 aliphatic heterocycles. The number of benzene rings is 2. The summed E-state index contributed by atoms with van der Waals surface area (Å²) in [4.78, 5) is 0. The van der Waals surface area contributed by atoms with Crippen molar-refractivity contribution in [3.05, 3.63) is 63.1 Å². The van der Waals surface area contributed by atoms with Gasteiger partial charge in [-0.25, -0.2) is 0 Å². The lowest BCUT2D eigenvalue weighted by Gasteiger charge is -2.16. The van der Waals surface area contributed by atoms with Crippen molar-refractivity contribution < 1.29 is 4.74 Å². The van der Waals surface area contributed by atoms with Gasteiger partial charge in [0.2, 0.25) is 0 Å². The van der Waals surface area contributed by atoms with Gasteiger partial charge in [-0.3, -0.25) is 0 Å². The highest BCUT2D eigenvalue weighted by atomic mass is 79.9. The van der Waals surface area contributed by atoms with Crippen LogP contribution in [0.5, 0.6) is 0 Å². The van der Waals surface area contributed by atoms with E-state index in [1.165, 1.54) is 22.3 Å². The molecule has 0 spiro atoms. The van der Waals surface area contributed by atoms with Crippen LogP contribution in [0.15, 0.2) is 40.9 Å². The zero-order chi connectivity index (χ0) is 11.6. The van der Waals surface area contributed by atoms with Gasteiger partial charge in [-0.05, 0) is 50.3 Å². The van der Waals surface area contributed by atoms with Gasteiger partial charge in [0.25, 0.3) is 0 Å². The van der Waals surface area contributed by atoms with E-state index in [0.29, 0.717) is 0 Å².